The van der Waals surface area contributed by atoms with Gasteiger partial charge in [0, 0.05) is 29.7 Å². The van der Waals surface area contributed by atoms with Crippen LogP contribution in [-0.2, 0) is 6.42 Å². The molecule has 5 atom stereocenters. The van der Waals surface area contributed by atoms with E-state index in [0.717, 1.165) is 12.8 Å². The summed E-state index contributed by atoms with van der Waals surface area (Å²) < 4.78 is 0. The molecule has 1 amide bonds. The molecule has 2 bridgehead atoms. The molecule has 152 valence electrons. The molecule has 0 unspecified atom stereocenters. The van der Waals surface area contributed by atoms with Crippen molar-refractivity contribution >= 4 is 5.91 Å². The quantitative estimate of drug-likeness (QED) is 0.805. The van der Waals surface area contributed by atoms with Gasteiger partial charge in [-0.1, -0.05) is 37.3 Å². The minimum absolute atomic E-state index is 0.0771. The molecule has 1 saturated carbocycles. The molecule has 1 aliphatic carbocycles. The van der Waals surface area contributed by atoms with Crippen LogP contribution in [0, 0.1) is 12.3 Å². The smallest absolute Gasteiger partial charge is 0.273 e. The van der Waals surface area contributed by atoms with E-state index in [2.05, 4.69) is 64.1 Å². The summed E-state index contributed by atoms with van der Waals surface area (Å²) in [7, 11) is 2.28. The van der Waals surface area contributed by atoms with Crippen molar-refractivity contribution in [2.45, 2.75) is 70.1 Å². The Labute approximate surface area is 173 Å². The number of hydrogen-bond donors (Lipinski definition) is 0. The van der Waals surface area contributed by atoms with Crippen LogP contribution in [0.4, 0.5) is 0 Å². The Kier molecular flexibility index (Phi) is 4.46. The molecular formula is C24H30N4O. The monoisotopic (exact) mass is 390 g/mol. The molecule has 0 N–H and O–H groups in total. The van der Waals surface area contributed by atoms with Gasteiger partial charge in [0.2, 0.25) is 0 Å². The molecule has 5 heteroatoms. The summed E-state index contributed by atoms with van der Waals surface area (Å²) in [6, 6.07) is 13.8. The van der Waals surface area contributed by atoms with Crippen molar-refractivity contribution in [1.82, 2.24) is 19.8 Å². The van der Waals surface area contributed by atoms with Gasteiger partial charge in [-0.15, -0.1) is 0 Å². The maximum absolute atomic E-state index is 13.8. The molecular weight excluding hydrogens is 360 g/mol. The second-order valence-corrected chi connectivity index (χ2v) is 9.36. The third kappa shape index (κ3) is 2.90. The van der Waals surface area contributed by atoms with Crippen LogP contribution in [0.25, 0.3) is 0 Å². The van der Waals surface area contributed by atoms with Gasteiger partial charge in [-0.3, -0.25) is 9.69 Å². The largest absolute Gasteiger partial charge is 0.329 e. The van der Waals surface area contributed by atoms with E-state index in [1.165, 1.54) is 24.8 Å². The molecule has 1 aromatic heterocycles. The second kappa shape index (κ2) is 6.91. The Morgan fingerprint density at radius 3 is 2.69 bits per heavy atom. The minimum atomic E-state index is 0.0771. The summed E-state index contributed by atoms with van der Waals surface area (Å²) in [5.41, 5.74) is 2.00. The molecule has 0 radical (unpaired) electrons. The molecule has 1 aromatic carbocycles. The van der Waals surface area contributed by atoms with Crippen LogP contribution in [0.1, 0.15) is 54.5 Å². The number of fused-ring (bicyclic) bond motifs is 1. The first-order valence-electron chi connectivity index (χ1n) is 10.9. The van der Waals surface area contributed by atoms with E-state index < -0.39 is 0 Å². The van der Waals surface area contributed by atoms with Crippen LogP contribution in [0.2, 0.25) is 0 Å². The molecule has 3 heterocycles. The molecule has 3 aliphatic rings. The lowest BCUT2D eigenvalue weighted by Gasteiger charge is -2.53. The number of hydrogen-bond acceptors (Lipinski definition) is 4. The van der Waals surface area contributed by atoms with E-state index in [4.69, 9.17) is 0 Å². The number of amides is 1. The van der Waals surface area contributed by atoms with Crippen LogP contribution < -0.4 is 0 Å². The number of benzene rings is 1. The van der Waals surface area contributed by atoms with Gasteiger partial charge >= 0.3 is 0 Å². The number of likely N-dealkylation sites (tertiary alicyclic amines) is 2. The first-order chi connectivity index (χ1) is 14.0. The van der Waals surface area contributed by atoms with E-state index in [0.29, 0.717) is 23.6 Å². The highest BCUT2D eigenvalue weighted by Gasteiger charge is 2.62. The van der Waals surface area contributed by atoms with Gasteiger partial charge in [0.25, 0.3) is 5.91 Å². The van der Waals surface area contributed by atoms with Gasteiger partial charge < -0.3 is 4.90 Å². The lowest BCUT2D eigenvalue weighted by atomic mass is 9.64. The van der Waals surface area contributed by atoms with Gasteiger partial charge in [0.05, 0.1) is 6.04 Å². The van der Waals surface area contributed by atoms with Crippen molar-refractivity contribution in [3.63, 3.8) is 0 Å². The number of rotatable bonds is 3. The highest BCUT2D eigenvalue weighted by Crippen LogP contribution is 2.56. The summed E-state index contributed by atoms with van der Waals surface area (Å²) in [6.45, 7) is 4.27. The first-order valence-corrected chi connectivity index (χ1v) is 10.9. The number of carbonyl (C=O) groups is 1. The highest BCUT2D eigenvalue weighted by molar-refractivity contribution is 5.93. The molecule has 3 fully saturated rings. The highest BCUT2D eigenvalue weighted by atomic mass is 16.2. The van der Waals surface area contributed by atoms with Crippen LogP contribution in [0.15, 0.2) is 42.6 Å². The number of carbonyl (C=O) groups excluding carboxylic acids is 1. The van der Waals surface area contributed by atoms with Gasteiger partial charge in [-0.05, 0) is 57.7 Å². The fraction of sp³-hybridized carbons (Fsp3) is 0.542. The zero-order chi connectivity index (χ0) is 20.2. The average molecular weight is 391 g/mol. The van der Waals surface area contributed by atoms with Gasteiger partial charge in [-0.2, -0.15) is 0 Å². The average Bonchev–Trinajstić information content (AvgIpc) is 2.99. The molecule has 29 heavy (non-hydrogen) atoms. The van der Waals surface area contributed by atoms with Crippen molar-refractivity contribution < 1.29 is 4.79 Å². The second-order valence-electron chi connectivity index (χ2n) is 9.36. The Balaban J connectivity index is 1.59. The molecule has 2 aromatic rings. The number of piperidine rings is 1. The lowest BCUT2D eigenvalue weighted by Crippen LogP contribution is -2.62. The first kappa shape index (κ1) is 18.7. The van der Waals surface area contributed by atoms with Crippen molar-refractivity contribution in [3.8, 4) is 0 Å². The standard InChI is InChI=1S/C24H30N4O/c1-16-25-13-12-18(26-16)23(29)28-19(14-17-8-5-4-6-9-17)20-15-24(2)21(27(20)3)10-7-11-22(24)28/h4-6,8-9,12-13,19-22H,7,10-11,14-15H2,1-3H3/t19-,20+,21+,22-,24+/m1/s1. The molecule has 0 spiro atoms. The third-order valence-electron chi connectivity index (χ3n) is 7.80. The summed E-state index contributed by atoms with van der Waals surface area (Å²) in [4.78, 5) is 27.4. The van der Waals surface area contributed by atoms with Crippen LogP contribution >= 0.6 is 0 Å². The maximum Gasteiger partial charge on any atom is 0.273 e. The van der Waals surface area contributed by atoms with Crippen LogP contribution in [0.3, 0.4) is 0 Å². The Hall–Kier alpha value is -2.27. The van der Waals surface area contributed by atoms with E-state index in [1.807, 2.05) is 6.92 Å². The summed E-state index contributed by atoms with van der Waals surface area (Å²) in [6.07, 6.45) is 7.31. The topological polar surface area (TPSA) is 49.3 Å². The van der Waals surface area contributed by atoms with E-state index >= 15 is 0 Å². The molecule has 2 aliphatic heterocycles. The fourth-order valence-electron chi connectivity index (χ4n) is 6.52. The predicted molar refractivity (Wildman–Crippen MR) is 113 cm³/mol. The van der Waals surface area contributed by atoms with Crippen molar-refractivity contribution in [3.05, 3.63) is 59.7 Å². The Morgan fingerprint density at radius 2 is 1.93 bits per heavy atom. The zero-order valence-electron chi connectivity index (χ0n) is 17.6. The fourth-order valence-corrected chi connectivity index (χ4v) is 6.52. The zero-order valence-corrected chi connectivity index (χ0v) is 17.6. The molecule has 5 nitrogen and oxygen atoms in total. The normalized spacial score (nSPS) is 33.7. The van der Waals surface area contributed by atoms with E-state index in [-0.39, 0.29) is 23.4 Å². The molecule has 5 rings (SSSR count). The minimum Gasteiger partial charge on any atom is -0.329 e. The number of aryl methyl sites for hydroxylation is 1. The summed E-state index contributed by atoms with van der Waals surface area (Å²) >= 11 is 0. The predicted octanol–water partition coefficient (Wildman–Crippen LogP) is 3.48. The Bertz CT molecular complexity index is 916. The van der Waals surface area contributed by atoms with Crippen molar-refractivity contribution in [1.29, 1.82) is 0 Å². The van der Waals surface area contributed by atoms with Gasteiger partial charge in [0.1, 0.15) is 11.5 Å². The SMILES string of the molecule is Cc1nccc(C(=O)N2[C@H](Cc3ccccc3)[C@@H]3C[C@@]4(C)[C@H](CCC[C@@H]24)N3C)n1. The molecule has 2 saturated heterocycles. The summed E-state index contributed by atoms with van der Waals surface area (Å²) in [5, 5.41) is 0. The van der Waals surface area contributed by atoms with E-state index in [1.54, 1.807) is 12.3 Å². The van der Waals surface area contributed by atoms with Crippen LogP contribution in [0.5, 0.6) is 0 Å². The third-order valence-corrected chi connectivity index (χ3v) is 7.80. The van der Waals surface area contributed by atoms with Gasteiger partial charge in [-0.25, -0.2) is 9.97 Å². The van der Waals surface area contributed by atoms with Crippen molar-refractivity contribution in [2.75, 3.05) is 7.05 Å². The number of likely N-dealkylation sites (N-methyl/N-ethyl adjacent to an activating group) is 1. The summed E-state index contributed by atoms with van der Waals surface area (Å²) in [5.74, 6) is 0.730. The lowest BCUT2D eigenvalue weighted by molar-refractivity contribution is -0.0115. The van der Waals surface area contributed by atoms with E-state index in [9.17, 15) is 4.79 Å². The maximum atomic E-state index is 13.8. The van der Waals surface area contributed by atoms with Crippen LogP contribution in [-0.4, -0.2) is 56.9 Å². The van der Waals surface area contributed by atoms with Crippen molar-refractivity contribution in [2.24, 2.45) is 5.41 Å². The van der Waals surface area contributed by atoms with Gasteiger partial charge in [0.15, 0.2) is 0 Å². The Morgan fingerprint density at radius 1 is 1.17 bits per heavy atom. The number of aromatic nitrogens is 2. The number of nitrogens with zero attached hydrogens (tertiary/aromatic N) is 4.